The number of hydrogen-bond donors (Lipinski definition) is 0. The van der Waals surface area contributed by atoms with Gasteiger partial charge in [-0.2, -0.15) is 0 Å². The third kappa shape index (κ3) is 2.18. The summed E-state index contributed by atoms with van der Waals surface area (Å²) in [5.74, 6) is 1.22. The van der Waals surface area contributed by atoms with E-state index in [1.807, 2.05) is 35.6 Å². The average molecular weight is 445 g/mol. The van der Waals surface area contributed by atoms with Crippen molar-refractivity contribution in [3.05, 3.63) is 93.9 Å². The number of aryl methyl sites for hydroxylation is 1. The fraction of sp³-hybridized carbons (Fsp3) is 0.0400. The van der Waals surface area contributed by atoms with Gasteiger partial charge in [-0.1, -0.05) is 17.7 Å². The van der Waals surface area contributed by atoms with Crippen LogP contribution < -0.4 is 11.0 Å². The van der Waals surface area contributed by atoms with Gasteiger partial charge in [0.1, 0.15) is 34.2 Å². The molecule has 9 heteroatoms. The summed E-state index contributed by atoms with van der Waals surface area (Å²) >= 11 is 0. The fourth-order valence-electron chi connectivity index (χ4n) is 5.03. The third-order valence-electron chi connectivity index (χ3n) is 6.57. The molecule has 4 bridgehead atoms. The first-order valence-corrected chi connectivity index (χ1v) is 10.8. The number of benzene rings is 3. The smallest absolute Gasteiger partial charge is 0.336 e. The van der Waals surface area contributed by atoms with E-state index in [4.69, 9.17) is 20.0 Å². The molecule has 1 radical (unpaired) electrons. The van der Waals surface area contributed by atoms with Gasteiger partial charge in [0.25, 0.3) is 0 Å². The molecule has 0 spiro atoms. The standard InChI is InChI=1S/C25H12BF2N6/c1-11-2-5-15-18(8-11)24-32-25-19-10-13(28)4-7-16(19)23-31-21-17-9-12(27)3-6-14(17)20(29-21)30-22(15)33(24)26-34(23)25/h2-10H,1H3. The molecule has 6 nitrogen and oxygen atoms in total. The number of amidine groups is 2. The van der Waals surface area contributed by atoms with Crippen molar-refractivity contribution in [2.24, 2.45) is 20.0 Å². The largest absolute Gasteiger partial charge is 0.406 e. The first-order chi connectivity index (χ1) is 16.5. The zero-order valence-corrected chi connectivity index (χ0v) is 17.7. The molecule has 0 aliphatic carbocycles. The van der Waals surface area contributed by atoms with E-state index in [1.54, 1.807) is 12.1 Å². The molecule has 8 rings (SSSR count). The van der Waals surface area contributed by atoms with E-state index < -0.39 is 0 Å². The van der Waals surface area contributed by atoms with E-state index in [0.29, 0.717) is 50.8 Å². The van der Waals surface area contributed by atoms with Crippen molar-refractivity contribution in [2.45, 2.75) is 6.92 Å². The Kier molecular flexibility index (Phi) is 3.16. The Labute approximate surface area is 191 Å². The molecule has 0 atom stereocenters. The molecular formula is C25H12BF2N6. The number of fused-ring (bicyclic) bond motifs is 10. The van der Waals surface area contributed by atoms with Gasteiger partial charge in [0.15, 0.2) is 11.7 Å². The first kappa shape index (κ1) is 18.1. The highest BCUT2D eigenvalue weighted by Crippen LogP contribution is 2.39. The highest BCUT2D eigenvalue weighted by Gasteiger charge is 2.29. The van der Waals surface area contributed by atoms with Crippen molar-refractivity contribution < 1.29 is 8.78 Å². The molecule has 0 fully saturated rings. The molecule has 0 unspecified atom stereocenters. The molecule has 5 aromatic rings. The molecule has 0 saturated carbocycles. The van der Waals surface area contributed by atoms with Crippen LogP contribution >= 0.6 is 0 Å². The summed E-state index contributed by atoms with van der Waals surface area (Å²) in [6.45, 7) is 2.03. The highest BCUT2D eigenvalue weighted by molar-refractivity contribution is 6.37. The molecule has 0 saturated heterocycles. The molecule has 3 aromatic carbocycles. The Morgan fingerprint density at radius 1 is 0.618 bits per heavy atom. The second-order valence-corrected chi connectivity index (χ2v) is 8.67. The van der Waals surface area contributed by atoms with E-state index in [0.717, 1.165) is 21.7 Å². The van der Waals surface area contributed by atoms with E-state index in [-0.39, 0.29) is 11.6 Å². The van der Waals surface area contributed by atoms with Crippen molar-refractivity contribution in [3.8, 4) is 0 Å². The molecule has 159 valence electrons. The number of hydrogen-bond acceptors (Lipinski definition) is 4. The maximum Gasteiger partial charge on any atom is 0.406 e. The Balaban J connectivity index is 1.64. The summed E-state index contributed by atoms with van der Waals surface area (Å²) in [6, 6.07) is 15.2. The first-order valence-electron chi connectivity index (χ1n) is 10.8. The Hall–Kier alpha value is -4.40. The SMILES string of the molecule is Cc1ccc2c3n4c(c2c1)=Nc1c2cc(F)ccc2c(n1[B]4)N=C1N=C(N=3)c2ccc(F)cc21. The van der Waals surface area contributed by atoms with Crippen molar-refractivity contribution in [3.63, 3.8) is 0 Å². The summed E-state index contributed by atoms with van der Waals surface area (Å²) in [6.07, 6.45) is 0. The van der Waals surface area contributed by atoms with E-state index in [2.05, 4.69) is 6.07 Å². The third-order valence-corrected chi connectivity index (χ3v) is 6.57. The van der Waals surface area contributed by atoms with Crippen molar-refractivity contribution in [1.29, 1.82) is 0 Å². The maximum atomic E-state index is 14.3. The van der Waals surface area contributed by atoms with Gasteiger partial charge >= 0.3 is 7.55 Å². The Morgan fingerprint density at radius 3 is 2.26 bits per heavy atom. The molecule has 3 aliphatic rings. The lowest BCUT2D eigenvalue weighted by Crippen LogP contribution is -2.38. The Bertz CT molecular complexity index is 1980. The molecule has 34 heavy (non-hydrogen) atoms. The number of aliphatic imine (C=N–C) groups is 2. The molecule has 3 aliphatic heterocycles. The second kappa shape index (κ2) is 5.93. The Morgan fingerprint density at radius 2 is 1.35 bits per heavy atom. The van der Waals surface area contributed by atoms with Gasteiger partial charge in [-0.05, 0) is 49.4 Å². The molecule has 2 aromatic heterocycles. The second-order valence-electron chi connectivity index (χ2n) is 8.67. The molecule has 0 N–H and O–H groups in total. The van der Waals surface area contributed by atoms with E-state index >= 15 is 0 Å². The van der Waals surface area contributed by atoms with Crippen molar-refractivity contribution in [1.82, 2.24) is 8.96 Å². The summed E-state index contributed by atoms with van der Waals surface area (Å²) < 4.78 is 32.3. The molecule has 5 heterocycles. The zero-order chi connectivity index (χ0) is 22.7. The van der Waals surface area contributed by atoms with Gasteiger partial charge in [-0.15, -0.1) is 0 Å². The van der Waals surface area contributed by atoms with Crippen LogP contribution in [0.2, 0.25) is 0 Å². The van der Waals surface area contributed by atoms with Crippen LogP contribution in [0.25, 0.3) is 21.5 Å². The van der Waals surface area contributed by atoms with Crippen LogP contribution in [-0.2, 0) is 0 Å². The van der Waals surface area contributed by atoms with Gasteiger partial charge in [-0.25, -0.2) is 28.8 Å². The molecule has 0 amide bonds. The van der Waals surface area contributed by atoms with Gasteiger partial charge in [-0.3, -0.25) is 0 Å². The summed E-state index contributed by atoms with van der Waals surface area (Å²) in [4.78, 5) is 19.4. The quantitative estimate of drug-likeness (QED) is 0.319. The van der Waals surface area contributed by atoms with Crippen LogP contribution in [0, 0.1) is 18.6 Å². The normalized spacial score (nSPS) is 14.8. The molecular weight excluding hydrogens is 433 g/mol. The lowest BCUT2D eigenvalue weighted by Gasteiger charge is -2.13. The van der Waals surface area contributed by atoms with Gasteiger partial charge < -0.3 is 8.96 Å². The van der Waals surface area contributed by atoms with Crippen LogP contribution in [-0.4, -0.2) is 28.2 Å². The van der Waals surface area contributed by atoms with Gasteiger partial charge in [0.05, 0.1) is 0 Å². The minimum Gasteiger partial charge on any atom is -0.336 e. The monoisotopic (exact) mass is 445 g/mol. The lowest BCUT2D eigenvalue weighted by atomic mass is 10.1. The van der Waals surface area contributed by atoms with Gasteiger partial charge in [0.2, 0.25) is 0 Å². The predicted molar refractivity (Wildman–Crippen MR) is 126 cm³/mol. The number of nitrogens with zero attached hydrogens (tertiary/aromatic N) is 6. The van der Waals surface area contributed by atoms with Crippen LogP contribution in [0.1, 0.15) is 16.7 Å². The topological polar surface area (TPSA) is 59.3 Å². The number of rotatable bonds is 0. The summed E-state index contributed by atoms with van der Waals surface area (Å²) in [7, 11) is 1.89. The maximum absolute atomic E-state index is 14.3. The van der Waals surface area contributed by atoms with Crippen molar-refractivity contribution in [2.75, 3.05) is 0 Å². The van der Waals surface area contributed by atoms with Crippen LogP contribution in [0.15, 0.2) is 74.6 Å². The van der Waals surface area contributed by atoms with E-state index in [1.165, 1.54) is 24.3 Å². The van der Waals surface area contributed by atoms with Crippen LogP contribution in [0.5, 0.6) is 0 Å². The van der Waals surface area contributed by atoms with Crippen LogP contribution in [0.4, 0.5) is 20.4 Å². The number of halogens is 2. The predicted octanol–water partition coefficient (Wildman–Crippen LogP) is 3.85. The summed E-state index contributed by atoms with van der Waals surface area (Å²) in [5, 5.41) is 3.23. The summed E-state index contributed by atoms with van der Waals surface area (Å²) in [5.41, 5.74) is 3.75. The zero-order valence-electron chi connectivity index (χ0n) is 17.7. The highest BCUT2D eigenvalue weighted by atomic mass is 19.1. The number of aromatic nitrogens is 2. The minimum atomic E-state index is -0.377. The van der Waals surface area contributed by atoms with Crippen molar-refractivity contribution >= 4 is 52.4 Å². The fourth-order valence-corrected chi connectivity index (χ4v) is 5.03. The minimum absolute atomic E-state index is 0.356. The van der Waals surface area contributed by atoms with Gasteiger partial charge in [0, 0.05) is 32.7 Å². The average Bonchev–Trinajstić information content (AvgIpc) is 3.42. The van der Waals surface area contributed by atoms with Crippen LogP contribution in [0.3, 0.4) is 0 Å². The van der Waals surface area contributed by atoms with E-state index in [9.17, 15) is 8.78 Å². The lowest BCUT2D eigenvalue weighted by molar-refractivity contribution is 0.627.